The Bertz CT molecular complexity index is 321. The Hall–Kier alpha value is -0.570. The maximum atomic E-state index is 10.1. The minimum atomic E-state index is -0.606. The van der Waals surface area contributed by atoms with Gasteiger partial charge in [0.1, 0.15) is 0 Å². The van der Waals surface area contributed by atoms with Crippen molar-refractivity contribution in [2.75, 3.05) is 13.1 Å². The van der Waals surface area contributed by atoms with Gasteiger partial charge in [-0.1, -0.05) is 29.8 Å². The Balaban J connectivity index is 2.14. The second-order valence-electron chi connectivity index (χ2n) is 3.92. The van der Waals surface area contributed by atoms with Crippen LogP contribution in [0.25, 0.3) is 0 Å². The van der Waals surface area contributed by atoms with E-state index in [-0.39, 0.29) is 0 Å². The average Bonchev–Trinajstić information content (AvgIpc) is 2.57. The first-order valence-electron chi connectivity index (χ1n) is 4.86. The first-order chi connectivity index (χ1) is 6.70. The van der Waals surface area contributed by atoms with Crippen LogP contribution in [-0.2, 0) is 6.42 Å². The van der Waals surface area contributed by atoms with Gasteiger partial charge >= 0.3 is 0 Å². The summed E-state index contributed by atoms with van der Waals surface area (Å²) in [6.45, 7) is 1.55. The quantitative estimate of drug-likeness (QED) is 0.779. The smallest absolute Gasteiger partial charge is 0.0824 e. The summed E-state index contributed by atoms with van der Waals surface area (Å²) < 4.78 is 0. The van der Waals surface area contributed by atoms with Gasteiger partial charge in [0.25, 0.3) is 0 Å². The summed E-state index contributed by atoms with van der Waals surface area (Å²) in [5, 5.41) is 14.1. The van der Waals surface area contributed by atoms with Crippen LogP contribution in [0.5, 0.6) is 0 Å². The molecule has 2 nitrogen and oxygen atoms in total. The van der Waals surface area contributed by atoms with Crippen LogP contribution in [-0.4, -0.2) is 23.8 Å². The summed E-state index contributed by atoms with van der Waals surface area (Å²) in [4.78, 5) is 0. The number of hydrogen-bond donors (Lipinski definition) is 2. The van der Waals surface area contributed by atoms with Gasteiger partial charge < -0.3 is 10.4 Å². The largest absolute Gasteiger partial charge is 0.388 e. The number of nitrogens with one attached hydrogen (secondary N) is 1. The molecule has 0 aromatic heterocycles. The third-order valence-electron chi connectivity index (χ3n) is 2.70. The lowest BCUT2D eigenvalue weighted by Gasteiger charge is -2.21. The SMILES string of the molecule is OC1(Cc2ccccc2Cl)CCNC1. The molecule has 1 aliphatic rings. The highest BCUT2D eigenvalue weighted by Crippen LogP contribution is 2.24. The van der Waals surface area contributed by atoms with Crippen LogP contribution in [0.4, 0.5) is 0 Å². The molecule has 0 bridgehead atoms. The highest BCUT2D eigenvalue weighted by atomic mass is 35.5. The average molecular weight is 212 g/mol. The van der Waals surface area contributed by atoms with Gasteiger partial charge in [0.15, 0.2) is 0 Å². The Morgan fingerprint density at radius 2 is 2.21 bits per heavy atom. The fourth-order valence-corrected chi connectivity index (χ4v) is 2.08. The Labute approximate surface area is 88.9 Å². The van der Waals surface area contributed by atoms with Gasteiger partial charge in [-0.3, -0.25) is 0 Å². The summed E-state index contributed by atoms with van der Waals surface area (Å²) >= 11 is 6.03. The predicted octanol–water partition coefficient (Wildman–Crippen LogP) is 1.61. The van der Waals surface area contributed by atoms with Crippen molar-refractivity contribution >= 4 is 11.6 Å². The standard InChI is InChI=1S/C11H14ClNO/c12-10-4-2-1-3-9(10)7-11(14)5-6-13-8-11/h1-4,13-14H,5-8H2. The van der Waals surface area contributed by atoms with E-state index >= 15 is 0 Å². The number of aliphatic hydroxyl groups is 1. The Morgan fingerprint density at radius 1 is 1.43 bits per heavy atom. The molecule has 3 heteroatoms. The minimum Gasteiger partial charge on any atom is -0.388 e. The molecule has 1 heterocycles. The van der Waals surface area contributed by atoms with Gasteiger partial charge in [0.05, 0.1) is 5.60 Å². The molecule has 0 spiro atoms. The van der Waals surface area contributed by atoms with Crippen molar-refractivity contribution in [1.82, 2.24) is 5.32 Å². The third kappa shape index (κ3) is 2.08. The minimum absolute atomic E-state index is 0.606. The molecule has 0 radical (unpaired) electrons. The van der Waals surface area contributed by atoms with Crippen LogP contribution in [0, 0.1) is 0 Å². The van der Waals surface area contributed by atoms with Crippen LogP contribution >= 0.6 is 11.6 Å². The highest BCUT2D eigenvalue weighted by molar-refractivity contribution is 6.31. The van der Waals surface area contributed by atoms with Crippen LogP contribution in [0.15, 0.2) is 24.3 Å². The molecule has 76 valence electrons. The fourth-order valence-electron chi connectivity index (χ4n) is 1.88. The molecule has 1 fully saturated rings. The second kappa shape index (κ2) is 3.89. The topological polar surface area (TPSA) is 32.3 Å². The molecule has 0 saturated carbocycles. The summed E-state index contributed by atoms with van der Waals surface area (Å²) in [7, 11) is 0. The lowest BCUT2D eigenvalue weighted by molar-refractivity contribution is 0.0619. The number of β-amino-alcohol motifs (C(OH)–C–C–N with tert-alkyl or cyclic N) is 1. The second-order valence-corrected chi connectivity index (χ2v) is 4.33. The van der Waals surface area contributed by atoms with Gasteiger partial charge in [-0.05, 0) is 24.6 Å². The predicted molar refractivity (Wildman–Crippen MR) is 57.6 cm³/mol. The monoisotopic (exact) mass is 211 g/mol. The zero-order valence-corrected chi connectivity index (χ0v) is 8.72. The molecule has 0 amide bonds. The van der Waals surface area contributed by atoms with Crippen molar-refractivity contribution in [3.05, 3.63) is 34.9 Å². The highest BCUT2D eigenvalue weighted by Gasteiger charge is 2.31. The molecule has 1 atom stereocenters. The zero-order chi connectivity index (χ0) is 10.0. The summed E-state index contributed by atoms with van der Waals surface area (Å²) in [6.07, 6.45) is 1.44. The molecule has 1 aliphatic heterocycles. The first-order valence-corrected chi connectivity index (χ1v) is 5.24. The van der Waals surface area contributed by atoms with Crippen molar-refractivity contribution in [1.29, 1.82) is 0 Å². The summed E-state index contributed by atoms with van der Waals surface area (Å²) in [5.41, 5.74) is 0.422. The van der Waals surface area contributed by atoms with Crippen molar-refractivity contribution in [3.63, 3.8) is 0 Å². The molecule has 2 N–H and O–H groups in total. The van der Waals surface area contributed by atoms with Crippen LogP contribution in [0.1, 0.15) is 12.0 Å². The van der Waals surface area contributed by atoms with E-state index in [0.717, 1.165) is 23.6 Å². The van der Waals surface area contributed by atoms with E-state index in [4.69, 9.17) is 11.6 Å². The molecule has 14 heavy (non-hydrogen) atoms. The normalized spacial score (nSPS) is 26.7. The molecule has 2 rings (SSSR count). The summed E-state index contributed by atoms with van der Waals surface area (Å²) in [6, 6.07) is 7.69. The lowest BCUT2D eigenvalue weighted by atomic mass is 9.94. The maximum absolute atomic E-state index is 10.1. The van der Waals surface area contributed by atoms with Gasteiger partial charge in [-0.2, -0.15) is 0 Å². The number of benzene rings is 1. The summed E-state index contributed by atoms with van der Waals surface area (Å²) in [5.74, 6) is 0. The Kier molecular flexibility index (Phi) is 2.77. The van der Waals surface area contributed by atoms with Crippen LogP contribution < -0.4 is 5.32 Å². The fraction of sp³-hybridized carbons (Fsp3) is 0.455. The van der Waals surface area contributed by atoms with E-state index in [1.165, 1.54) is 0 Å². The third-order valence-corrected chi connectivity index (χ3v) is 3.07. The van der Waals surface area contributed by atoms with Gasteiger partial charge in [-0.15, -0.1) is 0 Å². The molecule has 1 unspecified atom stereocenters. The molecule has 1 aromatic carbocycles. The Morgan fingerprint density at radius 3 is 2.86 bits per heavy atom. The van der Waals surface area contributed by atoms with E-state index < -0.39 is 5.60 Å². The molecular formula is C11H14ClNO. The van der Waals surface area contributed by atoms with Crippen molar-refractivity contribution in [3.8, 4) is 0 Å². The molecular weight excluding hydrogens is 198 g/mol. The van der Waals surface area contributed by atoms with Gasteiger partial charge in [0, 0.05) is 18.0 Å². The van der Waals surface area contributed by atoms with Crippen molar-refractivity contribution < 1.29 is 5.11 Å². The molecule has 1 aromatic rings. The number of rotatable bonds is 2. The maximum Gasteiger partial charge on any atom is 0.0824 e. The van der Waals surface area contributed by atoms with E-state index in [1.54, 1.807) is 0 Å². The number of halogens is 1. The first kappa shape index (κ1) is 9.97. The van der Waals surface area contributed by atoms with E-state index in [0.29, 0.717) is 13.0 Å². The van der Waals surface area contributed by atoms with Gasteiger partial charge in [0.2, 0.25) is 0 Å². The van der Waals surface area contributed by atoms with Crippen molar-refractivity contribution in [2.45, 2.75) is 18.4 Å². The molecule has 0 aliphatic carbocycles. The van der Waals surface area contributed by atoms with E-state index in [9.17, 15) is 5.11 Å². The van der Waals surface area contributed by atoms with Gasteiger partial charge in [-0.25, -0.2) is 0 Å². The van der Waals surface area contributed by atoms with Crippen molar-refractivity contribution in [2.24, 2.45) is 0 Å². The molecule has 1 saturated heterocycles. The van der Waals surface area contributed by atoms with Crippen LogP contribution in [0.2, 0.25) is 5.02 Å². The van der Waals surface area contributed by atoms with E-state index in [1.807, 2.05) is 24.3 Å². The zero-order valence-electron chi connectivity index (χ0n) is 7.96. The number of hydrogen-bond acceptors (Lipinski definition) is 2. The van der Waals surface area contributed by atoms with Crippen LogP contribution in [0.3, 0.4) is 0 Å². The lowest BCUT2D eigenvalue weighted by Crippen LogP contribution is -2.33. The van der Waals surface area contributed by atoms with E-state index in [2.05, 4.69) is 5.32 Å².